The number of allylic oxidation sites excluding steroid dienone is 1. The van der Waals surface area contributed by atoms with Crippen molar-refractivity contribution in [1.29, 1.82) is 0 Å². The van der Waals surface area contributed by atoms with Gasteiger partial charge in [-0.1, -0.05) is 42.5 Å². The van der Waals surface area contributed by atoms with Crippen molar-refractivity contribution in [2.24, 2.45) is 0 Å². The van der Waals surface area contributed by atoms with E-state index in [0.29, 0.717) is 6.61 Å². The average Bonchev–Trinajstić information content (AvgIpc) is 2.50. The quantitative estimate of drug-likeness (QED) is 0.392. The van der Waals surface area contributed by atoms with Crippen LogP contribution in [0.25, 0.3) is 0 Å². The molecule has 0 spiro atoms. The first-order chi connectivity index (χ1) is 9.83. The Labute approximate surface area is 120 Å². The van der Waals surface area contributed by atoms with Gasteiger partial charge in [-0.2, -0.15) is 0 Å². The van der Waals surface area contributed by atoms with Crippen molar-refractivity contribution in [3.8, 4) is 0 Å². The van der Waals surface area contributed by atoms with Gasteiger partial charge in [-0.05, 0) is 24.8 Å². The third kappa shape index (κ3) is 8.32. The highest BCUT2D eigenvalue weighted by molar-refractivity contribution is 5.59. The third-order valence-corrected chi connectivity index (χ3v) is 2.65. The first kappa shape index (κ1) is 16.2. The maximum Gasteiger partial charge on any atom is 0.508 e. The van der Waals surface area contributed by atoms with Crippen LogP contribution < -0.4 is 0 Å². The van der Waals surface area contributed by atoms with E-state index in [1.165, 1.54) is 12.7 Å². The van der Waals surface area contributed by atoms with Crippen LogP contribution in [0, 0.1) is 0 Å². The molecule has 0 fully saturated rings. The minimum atomic E-state index is -0.649. The molecule has 0 saturated heterocycles. The Morgan fingerprint density at radius 1 is 1.15 bits per heavy atom. The zero-order chi connectivity index (χ0) is 14.5. The number of methoxy groups -OCH3 is 1. The Hall–Kier alpha value is -1.81. The van der Waals surface area contributed by atoms with Gasteiger partial charge in [-0.15, -0.1) is 0 Å². The molecule has 1 aromatic carbocycles. The smallest absolute Gasteiger partial charge is 0.438 e. The number of benzene rings is 1. The van der Waals surface area contributed by atoms with E-state index in [0.717, 1.165) is 25.9 Å². The topological polar surface area (TPSA) is 44.8 Å². The number of rotatable bonds is 9. The lowest BCUT2D eigenvalue weighted by atomic mass is 10.2. The molecule has 1 aromatic rings. The Morgan fingerprint density at radius 2 is 1.95 bits per heavy atom. The van der Waals surface area contributed by atoms with E-state index in [9.17, 15) is 4.79 Å². The van der Waals surface area contributed by atoms with Crippen molar-refractivity contribution < 1.29 is 19.0 Å². The predicted molar refractivity (Wildman–Crippen MR) is 77.4 cm³/mol. The number of carbonyl (C=O) groups excluding carboxylic acids is 1. The second-order valence-electron chi connectivity index (χ2n) is 4.27. The molecule has 0 aliphatic carbocycles. The van der Waals surface area contributed by atoms with Gasteiger partial charge >= 0.3 is 6.16 Å². The van der Waals surface area contributed by atoms with Crippen LogP contribution in [0.15, 0.2) is 42.5 Å². The van der Waals surface area contributed by atoms with Gasteiger partial charge in [-0.25, -0.2) is 4.79 Å². The van der Waals surface area contributed by atoms with Gasteiger partial charge in [-0.3, -0.25) is 0 Å². The standard InChI is InChI=1S/C16H22O4/c1-18-16(17)20-13-9-4-2-3-8-12-19-14-15-10-6-5-7-11-15/h4-7,9-11H,2-3,8,12-14H2,1H3/b9-4+. The molecule has 0 N–H and O–H groups in total. The summed E-state index contributed by atoms with van der Waals surface area (Å²) in [6, 6.07) is 10.1. The van der Waals surface area contributed by atoms with Gasteiger partial charge in [0.05, 0.1) is 13.7 Å². The summed E-state index contributed by atoms with van der Waals surface area (Å²) in [7, 11) is 1.29. The monoisotopic (exact) mass is 278 g/mol. The molecule has 1 rings (SSSR count). The van der Waals surface area contributed by atoms with Gasteiger partial charge in [0.25, 0.3) is 0 Å². The van der Waals surface area contributed by atoms with Crippen LogP contribution in [0.5, 0.6) is 0 Å². The second kappa shape index (κ2) is 11.1. The number of unbranched alkanes of at least 4 members (excludes halogenated alkanes) is 2. The molecule has 4 nitrogen and oxygen atoms in total. The molecule has 0 aliphatic rings. The zero-order valence-electron chi connectivity index (χ0n) is 11.9. The molecule has 0 bridgehead atoms. The molecule has 110 valence electrons. The molecule has 0 heterocycles. The van der Waals surface area contributed by atoms with Crippen molar-refractivity contribution in [2.75, 3.05) is 20.3 Å². The summed E-state index contributed by atoms with van der Waals surface area (Å²) < 4.78 is 14.6. The second-order valence-corrected chi connectivity index (χ2v) is 4.27. The summed E-state index contributed by atoms with van der Waals surface area (Å²) in [5.74, 6) is 0. The molecule has 20 heavy (non-hydrogen) atoms. The molecule has 0 radical (unpaired) electrons. The minimum absolute atomic E-state index is 0.261. The molecular formula is C16H22O4. The van der Waals surface area contributed by atoms with Crippen molar-refractivity contribution >= 4 is 6.16 Å². The van der Waals surface area contributed by atoms with Gasteiger partial charge in [0.1, 0.15) is 6.61 Å². The highest BCUT2D eigenvalue weighted by Crippen LogP contribution is 2.03. The summed E-state index contributed by atoms with van der Waals surface area (Å²) in [6.45, 7) is 1.70. The van der Waals surface area contributed by atoms with E-state index < -0.39 is 6.16 Å². The fraction of sp³-hybridized carbons (Fsp3) is 0.438. The fourth-order valence-electron chi connectivity index (χ4n) is 1.59. The van der Waals surface area contributed by atoms with Gasteiger partial charge in [0.2, 0.25) is 0 Å². The maximum atomic E-state index is 10.6. The number of hydrogen-bond donors (Lipinski definition) is 0. The van der Waals surface area contributed by atoms with Crippen molar-refractivity contribution in [3.63, 3.8) is 0 Å². The summed E-state index contributed by atoms with van der Waals surface area (Å²) in [5.41, 5.74) is 1.20. The van der Waals surface area contributed by atoms with Crippen molar-refractivity contribution in [3.05, 3.63) is 48.0 Å². The van der Waals surface area contributed by atoms with Crippen LogP contribution in [-0.2, 0) is 20.8 Å². The first-order valence-corrected chi connectivity index (χ1v) is 6.80. The minimum Gasteiger partial charge on any atom is -0.438 e. The predicted octanol–water partition coefficient (Wildman–Crippen LogP) is 3.71. The SMILES string of the molecule is COC(=O)OC/C=C/CCCCOCc1ccccc1. The highest BCUT2D eigenvalue weighted by atomic mass is 16.7. The van der Waals surface area contributed by atoms with Crippen molar-refractivity contribution in [1.82, 2.24) is 0 Å². The Bertz CT molecular complexity index is 387. The Kier molecular flexibility index (Phi) is 8.98. The molecule has 0 amide bonds. The molecule has 0 unspecified atom stereocenters. The fourth-order valence-corrected chi connectivity index (χ4v) is 1.59. The molecular weight excluding hydrogens is 256 g/mol. The number of hydrogen-bond acceptors (Lipinski definition) is 4. The lowest BCUT2D eigenvalue weighted by molar-refractivity contribution is 0.0817. The first-order valence-electron chi connectivity index (χ1n) is 6.80. The van der Waals surface area contributed by atoms with E-state index in [2.05, 4.69) is 16.9 Å². The summed E-state index contributed by atoms with van der Waals surface area (Å²) >= 11 is 0. The molecule has 0 aromatic heterocycles. The van der Waals surface area contributed by atoms with Crippen LogP contribution in [0.1, 0.15) is 24.8 Å². The van der Waals surface area contributed by atoms with E-state index in [-0.39, 0.29) is 6.61 Å². The van der Waals surface area contributed by atoms with Crippen LogP contribution in [-0.4, -0.2) is 26.5 Å². The normalized spacial score (nSPS) is 10.7. The van der Waals surface area contributed by atoms with Crippen molar-refractivity contribution in [2.45, 2.75) is 25.9 Å². The molecule has 0 saturated carbocycles. The Morgan fingerprint density at radius 3 is 2.70 bits per heavy atom. The maximum absolute atomic E-state index is 10.6. The lowest BCUT2D eigenvalue weighted by Gasteiger charge is -2.03. The van der Waals surface area contributed by atoms with E-state index in [1.54, 1.807) is 0 Å². The average molecular weight is 278 g/mol. The van der Waals surface area contributed by atoms with Crippen LogP contribution in [0.4, 0.5) is 4.79 Å². The van der Waals surface area contributed by atoms with E-state index in [4.69, 9.17) is 9.47 Å². The van der Waals surface area contributed by atoms with Crippen LogP contribution >= 0.6 is 0 Å². The van der Waals surface area contributed by atoms with E-state index >= 15 is 0 Å². The van der Waals surface area contributed by atoms with Gasteiger partial charge in [0, 0.05) is 6.61 Å². The van der Waals surface area contributed by atoms with Gasteiger partial charge < -0.3 is 14.2 Å². The zero-order valence-corrected chi connectivity index (χ0v) is 11.9. The molecule has 0 aliphatic heterocycles. The molecule has 4 heteroatoms. The molecule has 0 atom stereocenters. The summed E-state index contributed by atoms with van der Waals surface area (Å²) in [6.07, 6.45) is 6.21. The largest absolute Gasteiger partial charge is 0.508 e. The summed E-state index contributed by atoms with van der Waals surface area (Å²) in [4.78, 5) is 10.6. The van der Waals surface area contributed by atoms with Gasteiger partial charge in [0.15, 0.2) is 0 Å². The third-order valence-electron chi connectivity index (χ3n) is 2.65. The van der Waals surface area contributed by atoms with E-state index in [1.807, 2.05) is 30.4 Å². The number of ether oxygens (including phenoxy) is 3. The van der Waals surface area contributed by atoms with Crippen LogP contribution in [0.2, 0.25) is 0 Å². The number of carbonyl (C=O) groups is 1. The summed E-state index contributed by atoms with van der Waals surface area (Å²) in [5, 5.41) is 0. The Balaban J connectivity index is 1.90. The van der Waals surface area contributed by atoms with Crippen LogP contribution in [0.3, 0.4) is 0 Å². The highest BCUT2D eigenvalue weighted by Gasteiger charge is 1.95. The lowest BCUT2D eigenvalue weighted by Crippen LogP contribution is -2.03.